The largest absolute Gasteiger partial charge is 0.493 e. The van der Waals surface area contributed by atoms with Gasteiger partial charge in [0, 0.05) is 24.2 Å². The lowest BCUT2D eigenvalue weighted by atomic mass is 10.1. The normalized spacial score (nSPS) is 11.4. The number of halogens is 1. The molecule has 0 radical (unpaired) electrons. The molecule has 3 aromatic rings. The van der Waals surface area contributed by atoms with Crippen molar-refractivity contribution in [2.75, 3.05) is 31.9 Å². The van der Waals surface area contributed by atoms with Gasteiger partial charge in [-0.2, -0.15) is 14.6 Å². The van der Waals surface area contributed by atoms with Crippen molar-refractivity contribution in [2.24, 2.45) is 0 Å². The zero-order chi connectivity index (χ0) is 26.1. The van der Waals surface area contributed by atoms with E-state index >= 15 is 0 Å². The van der Waals surface area contributed by atoms with Gasteiger partial charge in [-0.25, -0.2) is 8.42 Å². The highest BCUT2D eigenvalue weighted by Crippen LogP contribution is 2.29. The average molecular weight is 549 g/mol. The van der Waals surface area contributed by atoms with Crippen LogP contribution in [0.4, 0.5) is 5.13 Å². The summed E-state index contributed by atoms with van der Waals surface area (Å²) in [6, 6.07) is 14.0. The number of carbonyl (C=O) groups excluding carboxylic acids is 1. The molecule has 36 heavy (non-hydrogen) atoms. The van der Waals surface area contributed by atoms with Crippen molar-refractivity contribution in [1.82, 2.24) is 9.36 Å². The van der Waals surface area contributed by atoms with E-state index < -0.39 is 20.9 Å². The van der Waals surface area contributed by atoms with Crippen LogP contribution >= 0.6 is 23.1 Å². The van der Waals surface area contributed by atoms with Crippen LogP contribution in [-0.2, 0) is 14.6 Å². The Morgan fingerprint density at radius 3 is 2.53 bits per heavy atom. The molecule has 1 amide bonds. The summed E-state index contributed by atoms with van der Waals surface area (Å²) in [4.78, 5) is 16.2. The molecule has 0 bridgehead atoms. The van der Waals surface area contributed by atoms with E-state index in [2.05, 4.69) is 14.7 Å². The minimum atomic E-state index is -3.61. The molecule has 0 atom stereocenters. The molecule has 3 rings (SSSR count). The topological polar surface area (TPSA) is 140 Å². The van der Waals surface area contributed by atoms with E-state index in [9.17, 15) is 18.5 Å². The third-order valence-corrected chi connectivity index (χ3v) is 6.37. The molecule has 0 unspecified atom stereocenters. The number of methoxy groups -OCH3 is 1. The van der Waals surface area contributed by atoms with Crippen molar-refractivity contribution in [1.29, 1.82) is 5.26 Å². The van der Waals surface area contributed by atoms with Crippen LogP contribution in [0.2, 0.25) is 5.02 Å². The summed E-state index contributed by atoms with van der Waals surface area (Å²) in [5.41, 5.74) is 0.292. The molecule has 2 aromatic carbocycles. The first-order chi connectivity index (χ1) is 17.2. The van der Waals surface area contributed by atoms with Crippen molar-refractivity contribution >= 4 is 50.1 Å². The minimum Gasteiger partial charge on any atom is -0.493 e. The second-order valence-corrected chi connectivity index (χ2v) is 10.2. The van der Waals surface area contributed by atoms with Gasteiger partial charge in [-0.3, -0.25) is 10.1 Å². The van der Waals surface area contributed by atoms with Crippen molar-refractivity contribution < 1.29 is 27.4 Å². The molecule has 13 heteroatoms. The first-order valence-electron chi connectivity index (χ1n) is 10.4. The Labute approximate surface area is 217 Å². The van der Waals surface area contributed by atoms with Gasteiger partial charge in [0.15, 0.2) is 11.5 Å². The van der Waals surface area contributed by atoms with E-state index in [1.807, 2.05) is 18.2 Å². The zero-order valence-corrected chi connectivity index (χ0v) is 21.6. The number of sulfone groups is 1. The fourth-order valence-electron chi connectivity index (χ4n) is 2.77. The number of carbonyl (C=O) groups is 1. The summed E-state index contributed by atoms with van der Waals surface area (Å²) >= 11 is 6.76. The van der Waals surface area contributed by atoms with Crippen LogP contribution in [-0.4, -0.2) is 50.3 Å². The van der Waals surface area contributed by atoms with Crippen LogP contribution in [0.25, 0.3) is 6.08 Å². The molecular weight excluding hydrogens is 528 g/mol. The van der Waals surface area contributed by atoms with Crippen molar-refractivity contribution in [2.45, 2.75) is 11.6 Å². The summed E-state index contributed by atoms with van der Waals surface area (Å²) in [6.07, 6.45) is 2.91. The van der Waals surface area contributed by atoms with Crippen LogP contribution in [0.15, 0.2) is 53.2 Å². The zero-order valence-electron chi connectivity index (χ0n) is 19.2. The van der Waals surface area contributed by atoms with Crippen molar-refractivity contribution in [3.05, 3.63) is 58.6 Å². The molecule has 0 saturated carbocycles. The number of anilines is 1. The molecule has 0 aliphatic rings. The molecule has 0 aliphatic carbocycles. The van der Waals surface area contributed by atoms with Gasteiger partial charge in [-0.1, -0.05) is 29.8 Å². The van der Waals surface area contributed by atoms with Gasteiger partial charge in [-0.15, -0.1) is 0 Å². The highest BCUT2D eigenvalue weighted by molar-refractivity contribution is 7.90. The number of benzene rings is 2. The number of nitrogens with one attached hydrogen (secondary N) is 1. The first-order valence-corrected chi connectivity index (χ1v) is 13.4. The van der Waals surface area contributed by atoms with E-state index in [4.69, 9.17) is 25.8 Å². The van der Waals surface area contributed by atoms with Crippen molar-refractivity contribution in [3.8, 4) is 23.3 Å². The fourth-order valence-corrected chi connectivity index (χ4v) is 4.40. The minimum absolute atomic E-state index is 0.0404. The highest BCUT2D eigenvalue weighted by atomic mass is 35.5. The lowest BCUT2D eigenvalue weighted by Crippen LogP contribution is -2.13. The third kappa shape index (κ3) is 7.42. The number of ether oxygens (including phenoxy) is 3. The Kier molecular flexibility index (Phi) is 9.24. The standard InChI is InChI=1S/C23H21ClN4O6S2/c1-32-20-13-15(8-9-19(20)34-11-5-10-33-18-7-4-3-6-17(18)24)12-16(14-25)21(29)26-22-27-23(28-35-22)36(2,30)31/h3-4,6-9,12-13H,5,10-11H2,1-2H3,(H,26,27,28,29)/b16-12-. The van der Waals surface area contributed by atoms with Gasteiger partial charge < -0.3 is 14.2 Å². The van der Waals surface area contributed by atoms with E-state index in [0.717, 1.165) is 6.26 Å². The molecule has 1 aromatic heterocycles. The van der Waals surface area contributed by atoms with E-state index in [0.29, 0.717) is 59.0 Å². The van der Waals surface area contributed by atoms with Gasteiger partial charge in [0.25, 0.3) is 11.1 Å². The number of aromatic nitrogens is 2. The van der Waals surface area contributed by atoms with Crippen LogP contribution in [0.5, 0.6) is 17.2 Å². The number of nitriles is 1. The summed E-state index contributed by atoms with van der Waals surface area (Å²) in [5, 5.41) is 11.9. The number of para-hydroxylation sites is 1. The Morgan fingerprint density at radius 1 is 1.17 bits per heavy atom. The van der Waals surface area contributed by atoms with E-state index in [-0.39, 0.29) is 10.7 Å². The number of rotatable bonds is 11. The quantitative estimate of drug-likeness (QED) is 0.214. The number of nitrogens with zero attached hydrogens (tertiary/aromatic N) is 3. The smallest absolute Gasteiger partial charge is 0.268 e. The van der Waals surface area contributed by atoms with Crippen LogP contribution in [0.3, 0.4) is 0 Å². The van der Waals surface area contributed by atoms with Crippen LogP contribution in [0, 0.1) is 11.3 Å². The van der Waals surface area contributed by atoms with E-state index in [1.54, 1.807) is 30.3 Å². The molecule has 1 N–H and O–H groups in total. The predicted molar refractivity (Wildman–Crippen MR) is 135 cm³/mol. The van der Waals surface area contributed by atoms with Gasteiger partial charge in [0.2, 0.25) is 15.0 Å². The fraction of sp³-hybridized carbons (Fsp3) is 0.217. The maximum atomic E-state index is 12.5. The van der Waals surface area contributed by atoms with Gasteiger partial charge in [-0.05, 0) is 35.9 Å². The molecule has 0 saturated heterocycles. The highest BCUT2D eigenvalue weighted by Gasteiger charge is 2.17. The molecule has 1 heterocycles. The summed E-state index contributed by atoms with van der Waals surface area (Å²) in [5.74, 6) is 0.742. The van der Waals surface area contributed by atoms with Gasteiger partial charge >= 0.3 is 0 Å². The molecule has 0 aliphatic heterocycles. The number of hydrogen-bond acceptors (Lipinski definition) is 10. The summed E-state index contributed by atoms with van der Waals surface area (Å²) in [7, 11) is -2.13. The Morgan fingerprint density at radius 2 is 1.89 bits per heavy atom. The lowest BCUT2D eigenvalue weighted by molar-refractivity contribution is -0.112. The first kappa shape index (κ1) is 26.9. The second kappa shape index (κ2) is 12.3. The molecule has 0 spiro atoms. The molecule has 0 fully saturated rings. The number of amides is 1. The average Bonchev–Trinajstić information content (AvgIpc) is 3.33. The second-order valence-electron chi connectivity index (χ2n) is 7.17. The molecular formula is C23H21ClN4O6S2. The summed E-state index contributed by atoms with van der Waals surface area (Å²) < 4.78 is 43.4. The maximum absolute atomic E-state index is 12.5. The van der Waals surface area contributed by atoms with E-state index in [1.165, 1.54) is 13.2 Å². The van der Waals surface area contributed by atoms with Gasteiger partial charge in [0.05, 0.1) is 25.3 Å². The lowest BCUT2D eigenvalue weighted by Gasteiger charge is -2.12. The number of hydrogen-bond donors (Lipinski definition) is 1. The Hall–Kier alpha value is -3.66. The van der Waals surface area contributed by atoms with Crippen molar-refractivity contribution in [3.63, 3.8) is 0 Å². The maximum Gasteiger partial charge on any atom is 0.268 e. The third-order valence-electron chi connectivity index (χ3n) is 4.46. The Bertz CT molecular complexity index is 1420. The van der Waals surface area contributed by atoms with Crippen LogP contribution in [0.1, 0.15) is 12.0 Å². The summed E-state index contributed by atoms with van der Waals surface area (Å²) in [6.45, 7) is 0.771. The van der Waals surface area contributed by atoms with Crippen LogP contribution < -0.4 is 19.5 Å². The molecule has 188 valence electrons. The predicted octanol–water partition coefficient (Wildman–Crippen LogP) is 4.00. The van der Waals surface area contributed by atoms with Gasteiger partial charge in [0.1, 0.15) is 17.4 Å². The molecule has 10 nitrogen and oxygen atoms in total. The monoisotopic (exact) mass is 548 g/mol. The Balaban J connectivity index is 1.60. The SMILES string of the molecule is COc1cc(/C=C(/C#N)C(=O)Nc2nc(S(C)(=O)=O)ns2)ccc1OCCCOc1ccccc1Cl.